The number of nitrogens with one attached hydrogen (secondary N) is 1. The van der Waals surface area contributed by atoms with E-state index in [1.54, 1.807) is 13.3 Å². The standard InChI is InChI=1S/C23H26N2O3/c1-15(2)28-20-11-10-18(13-21(20)27-4)16(3)25-22(26)14-19-8-5-7-17-9-6-12-24-23(17)19/h5-13,15-16H,14H2,1-4H3,(H,25,26). The molecule has 0 bridgehead atoms. The van der Waals surface area contributed by atoms with E-state index < -0.39 is 0 Å². The first kappa shape index (κ1) is 19.7. The fraction of sp³-hybridized carbons (Fsp3) is 0.304. The van der Waals surface area contributed by atoms with Crippen LogP contribution in [0.5, 0.6) is 11.5 Å². The Morgan fingerprint density at radius 2 is 1.86 bits per heavy atom. The van der Waals surface area contributed by atoms with Crippen LogP contribution >= 0.6 is 0 Å². The molecule has 5 nitrogen and oxygen atoms in total. The van der Waals surface area contributed by atoms with Crippen LogP contribution in [0.15, 0.2) is 54.7 Å². The number of methoxy groups -OCH3 is 1. The van der Waals surface area contributed by atoms with Gasteiger partial charge in [-0.25, -0.2) is 0 Å². The molecule has 0 saturated heterocycles. The first-order valence-electron chi connectivity index (χ1n) is 9.44. The van der Waals surface area contributed by atoms with Crippen LogP contribution < -0.4 is 14.8 Å². The SMILES string of the molecule is COc1cc(C(C)NC(=O)Cc2cccc3cccnc23)ccc1OC(C)C. The number of benzene rings is 2. The molecule has 1 atom stereocenters. The van der Waals surface area contributed by atoms with E-state index >= 15 is 0 Å². The summed E-state index contributed by atoms with van der Waals surface area (Å²) in [6.45, 7) is 5.90. The molecule has 0 radical (unpaired) electrons. The zero-order chi connectivity index (χ0) is 20.1. The van der Waals surface area contributed by atoms with Crippen molar-refractivity contribution in [1.82, 2.24) is 10.3 Å². The van der Waals surface area contributed by atoms with Gasteiger partial charge in [-0.05, 0) is 50.1 Å². The van der Waals surface area contributed by atoms with Crippen molar-refractivity contribution in [3.05, 3.63) is 65.9 Å². The molecule has 3 aromatic rings. The molecule has 1 heterocycles. The van der Waals surface area contributed by atoms with Crippen molar-refractivity contribution < 1.29 is 14.3 Å². The number of ether oxygens (including phenoxy) is 2. The van der Waals surface area contributed by atoms with Gasteiger partial charge in [0.05, 0.1) is 31.2 Å². The van der Waals surface area contributed by atoms with E-state index in [1.165, 1.54) is 0 Å². The zero-order valence-electron chi connectivity index (χ0n) is 16.7. The van der Waals surface area contributed by atoms with Crippen molar-refractivity contribution in [1.29, 1.82) is 0 Å². The van der Waals surface area contributed by atoms with Crippen molar-refractivity contribution in [3.63, 3.8) is 0 Å². The Balaban J connectivity index is 1.71. The molecule has 146 valence electrons. The van der Waals surface area contributed by atoms with Gasteiger partial charge in [0.15, 0.2) is 11.5 Å². The second-order valence-electron chi connectivity index (χ2n) is 7.04. The highest BCUT2D eigenvalue weighted by Crippen LogP contribution is 2.31. The van der Waals surface area contributed by atoms with Crippen LogP contribution in [0, 0.1) is 0 Å². The molecule has 0 aliphatic rings. The largest absolute Gasteiger partial charge is 0.493 e. The first-order chi connectivity index (χ1) is 13.5. The Hall–Kier alpha value is -3.08. The molecule has 0 saturated carbocycles. The predicted molar refractivity (Wildman–Crippen MR) is 111 cm³/mol. The Labute approximate surface area is 165 Å². The molecule has 0 aliphatic heterocycles. The molecular formula is C23H26N2O3. The average Bonchev–Trinajstić information content (AvgIpc) is 2.68. The third-order valence-corrected chi connectivity index (χ3v) is 4.50. The number of para-hydroxylation sites is 1. The van der Waals surface area contributed by atoms with Crippen molar-refractivity contribution in [2.24, 2.45) is 0 Å². The molecule has 1 amide bonds. The maximum atomic E-state index is 12.6. The Kier molecular flexibility index (Phi) is 6.14. The lowest BCUT2D eigenvalue weighted by Gasteiger charge is -2.18. The van der Waals surface area contributed by atoms with Gasteiger partial charge in [0.1, 0.15) is 0 Å². The van der Waals surface area contributed by atoms with Gasteiger partial charge in [0.25, 0.3) is 0 Å². The van der Waals surface area contributed by atoms with Crippen molar-refractivity contribution in [3.8, 4) is 11.5 Å². The second-order valence-corrected chi connectivity index (χ2v) is 7.04. The van der Waals surface area contributed by atoms with Crippen LogP contribution in [0.4, 0.5) is 0 Å². The van der Waals surface area contributed by atoms with Gasteiger partial charge >= 0.3 is 0 Å². The van der Waals surface area contributed by atoms with Crippen molar-refractivity contribution >= 4 is 16.8 Å². The summed E-state index contributed by atoms with van der Waals surface area (Å²) in [7, 11) is 1.61. The van der Waals surface area contributed by atoms with E-state index in [2.05, 4.69) is 10.3 Å². The molecule has 0 spiro atoms. The number of carbonyl (C=O) groups excluding carboxylic acids is 1. The minimum atomic E-state index is -0.155. The van der Waals surface area contributed by atoms with Crippen LogP contribution in [-0.2, 0) is 11.2 Å². The van der Waals surface area contributed by atoms with Crippen molar-refractivity contribution in [2.45, 2.75) is 39.3 Å². The second kappa shape index (κ2) is 8.74. The monoisotopic (exact) mass is 378 g/mol. The Morgan fingerprint density at radius 1 is 1.07 bits per heavy atom. The number of carbonyl (C=O) groups is 1. The van der Waals surface area contributed by atoms with Gasteiger partial charge in [-0.3, -0.25) is 9.78 Å². The molecule has 2 aromatic carbocycles. The lowest BCUT2D eigenvalue weighted by atomic mass is 10.0. The third-order valence-electron chi connectivity index (χ3n) is 4.50. The van der Waals surface area contributed by atoms with Crippen molar-refractivity contribution in [2.75, 3.05) is 7.11 Å². The maximum Gasteiger partial charge on any atom is 0.224 e. The smallest absolute Gasteiger partial charge is 0.224 e. The first-order valence-corrected chi connectivity index (χ1v) is 9.44. The summed E-state index contributed by atoms with van der Waals surface area (Å²) in [5.74, 6) is 1.30. The molecule has 0 fully saturated rings. The summed E-state index contributed by atoms with van der Waals surface area (Å²) in [5.41, 5.74) is 2.74. The normalized spacial score (nSPS) is 12.0. The van der Waals surface area contributed by atoms with Crippen LogP contribution in [0.3, 0.4) is 0 Å². The molecule has 1 N–H and O–H groups in total. The number of aromatic nitrogens is 1. The predicted octanol–water partition coefficient (Wildman–Crippen LogP) is 4.45. The summed E-state index contributed by atoms with van der Waals surface area (Å²) >= 11 is 0. The van der Waals surface area contributed by atoms with E-state index in [0.717, 1.165) is 22.0 Å². The van der Waals surface area contributed by atoms with Gasteiger partial charge < -0.3 is 14.8 Å². The lowest BCUT2D eigenvalue weighted by Crippen LogP contribution is -2.28. The highest BCUT2D eigenvalue weighted by Gasteiger charge is 2.15. The van der Waals surface area contributed by atoms with Crippen LogP contribution in [-0.4, -0.2) is 24.1 Å². The van der Waals surface area contributed by atoms with E-state index in [9.17, 15) is 4.79 Å². The van der Waals surface area contributed by atoms with E-state index in [4.69, 9.17) is 9.47 Å². The number of hydrogen-bond donors (Lipinski definition) is 1. The van der Waals surface area contributed by atoms with Crippen LogP contribution in [0.25, 0.3) is 10.9 Å². The number of amides is 1. The van der Waals surface area contributed by atoms with Gasteiger partial charge in [-0.1, -0.05) is 30.3 Å². The van der Waals surface area contributed by atoms with E-state index in [-0.39, 0.29) is 24.5 Å². The van der Waals surface area contributed by atoms with E-state index in [1.807, 2.05) is 69.3 Å². The summed E-state index contributed by atoms with van der Waals surface area (Å²) in [6, 6.07) is 15.4. The van der Waals surface area contributed by atoms with Gasteiger partial charge in [0.2, 0.25) is 5.91 Å². The molecule has 1 unspecified atom stereocenters. The van der Waals surface area contributed by atoms with Gasteiger partial charge in [0, 0.05) is 11.6 Å². The number of nitrogens with zero attached hydrogens (tertiary/aromatic N) is 1. The number of pyridine rings is 1. The molecule has 1 aromatic heterocycles. The maximum absolute atomic E-state index is 12.6. The summed E-state index contributed by atoms with van der Waals surface area (Å²) in [6.07, 6.45) is 2.09. The zero-order valence-corrected chi connectivity index (χ0v) is 16.7. The van der Waals surface area contributed by atoms with Crippen LogP contribution in [0.1, 0.15) is 37.9 Å². The molecule has 5 heteroatoms. The fourth-order valence-corrected chi connectivity index (χ4v) is 3.16. The molecule has 28 heavy (non-hydrogen) atoms. The highest BCUT2D eigenvalue weighted by atomic mass is 16.5. The Bertz CT molecular complexity index is 964. The van der Waals surface area contributed by atoms with Gasteiger partial charge in [-0.2, -0.15) is 0 Å². The third kappa shape index (κ3) is 4.60. The molecule has 3 rings (SSSR count). The minimum Gasteiger partial charge on any atom is -0.493 e. The fourth-order valence-electron chi connectivity index (χ4n) is 3.16. The summed E-state index contributed by atoms with van der Waals surface area (Å²) in [5, 5.41) is 4.09. The Morgan fingerprint density at radius 3 is 2.61 bits per heavy atom. The topological polar surface area (TPSA) is 60.5 Å². The number of rotatable bonds is 7. The quantitative estimate of drug-likeness (QED) is 0.660. The summed E-state index contributed by atoms with van der Waals surface area (Å²) in [4.78, 5) is 17.0. The number of fused-ring (bicyclic) bond motifs is 1. The van der Waals surface area contributed by atoms with Gasteiger partial charge in [-0.15, -0.1) is 0 Å². The minimum absolute atomic E-state index is 0.0490. The highest BCUT2D eigenvalue weighted by molar-refractivity contribution is 5.87. The van der Waals surface area contributed by atoms with Crippen LogP contribution in [0.2, 0.25) is 0 Å². The lowest BCUT2D eigenvalue weighted by molar-refractivity contribution is -0.121. The summed E-state index contributed by atoms with van der Waals surface area (Å²) < 4.78 is 11.2. The molecular weight excluding hydrogens is 352 g/mol. The average molecular weight is 378 g/mol. The molecule has 0 aliphatic carbocycles. The number of hydrogen-bond acceptors (Lipinski definition) is 4. The van der Waals surface area contributed by atoms with E-state index in [0.29, 0.717) is 11.5 Å².